The van der Waals surface area contributed by atoms with Crippen molar-refractivity contribution in [2.45, 2.75) is 24.4 Å². The van der Waals surface area contributed by atoms with Crippen molar-refractivity contribution >= 4 is 17.7 Å². The molecule has 0 bridgehead atoms. The van der Waals surface area contributed by atoms with Gasteiger partial charge in [-0.2, -0.15) is 0 Å². The highest BCUT2D eigenvalue weighted by atomic mass is 32.2. The van der Waals surface area contributed by atoms with Crippen LogP contribution in [-0.4, -0.2) is 20.7 Å². The van der Waals surface area contributed by atoms with Gasteiger partial charge in [0.05, 0.1) is 12.8 Å². The maximum absolute atomic E-state index is 13.1. The quantitative estimate of drug-likeness (QED) is 0.443. The highest BCUT2D eigenvalue weighted by Gasteiger charge is 2.16. The van der Waals surface area contributed by atoms with Crippen molar-refractivity contribution in [1.29, 1.82) is 0 Å². The highest BCUT2D eigenvalue weighted by Crippen LogP contribution is 2.25. The molecular weight excluding hydrogens is 403 g/mol. The predicted molar refractivity (Wildman–Crippen MR) is 112 cm³/mol. The zero-order chi connectivity index (χ0) is 20.9. The van der Waals surface area contributed by atoms with Crippen LogP contribution in [0.2, 0.25) is 0 Å². The van der Waals surface area contributed by atoms with Gasteiger partial charge in [0.15, 0.2) is 16.7 Å². The number of aromatic nitrogens is 3. The molecule has 0 aliphatic carbocycles. The lowest BCUT2D eigenvalue weighted by atomic mass is 10.2. The topological polar surface area (TPSA) is 73.0 Å². The van der Waals surface area contributed by atoms with Crippen LogP contribution in [0.5, 0.6) is 0 Å². The summed E-state index contributed by atoms with van der Waals surface area (Å²) in [5, 5.41) is 12.1. The van der Waals surface area contributed by atoms with E-state index in [1.54, 1.807) is 24.3 Å². The third kappa shape index (κ3) is 4.60. The maximum Gasteiger partial charge on any atom is 0.287 e. The monoisotopic (exact) mass is 422 g/mol. The number of carbonyl (C=O) groups is 1. The maximum atomic E-state index is 13.1. The molecule has 0 atom stereocenters. The first kappa shape index (κ1) is 19.9. The van der Waals surface area contributed by atoms with E-state index in [1.807, 2.05) is 35.8 Å². The van der Waals surface area contributed by atoms with Gasteiger partial charge in [0, 0.05) is 11.4 Å². The standard InChI is InChI=1S/C22H19FN4O2S/c1-15-4-10-18(11-5-15)27-20(13-24-21(28)19-3-2-12-29-19)25-26-22(27)30-14-16-6-8-17(23)9-7-16/h2-12H,13-14H2,1H3,(H,24,28). The number of nitrogens with one attached hydrogen (secondary N) is 1. The first-order chi connectivity index (χ1) is 14.6. The molecule has 152 valence electrons. The van der Waals surface area contributed by atoms with Crippen LogP contribution in [0, 0.1) is 12.7 Å². The van der Waals surface area contributed by atoms with Crippen LogP contribution >= 0.6 is 11.8 Å². The number of furan rings is 1. The molecule has 0 saturated heterocycles. The van der Waals surface area contributed by atoms with Gasteiger partial charge in [-0.1, -0.05) is 41.6 Å². The van der Waals surface area contributed by atoms with E-state index < -0.39 is 0 Å². The normalized spacial score (nSPS) is 10.9. The summed E-state index contributed by atoms with van der Waals surface area (Å²) in [5.74, 6) is 0.867. The molecule has 1 N–H and O–H groups in total. The molecule has 0 fully saturated rings. The Hall–Kier alpha value is -3.39. The number of nitrogens with zero attached hydrogens (tertiary/aromatic N) is 3. The summed E-state index contributed by atoms with van der Waals surface area (Å²) in [5.41, 5.74) is 3.02. The van der Waals surface area contributed by atoms with Crippen LogP contribution in [0.4, 0.5) is 4.39 Å². The van der Waals surface area contributed by atoms with E-state index in [1.165, 1.54) is 30.2 Å². The van der Waals surface area contributed by atoms with Crippen molar-refractivity contribution in [2.24, 2.45) is 0 Å². The molecule has 30 heavy (non-hydrogen) atoms. The third-order valence-corrected chi connectivity index (χ3v) is 5.43. The summed E-state index contributed by atoms with van der Waals surface area (Å²) in [6.45, 7) is 2.21. The predicted octanol–water partition coefficient (Wildman–Crippen LogP) is 4.53. The van der Waals surface area contributed by atoms with E-state index in [0.717, 1.165) is 16.8 Å². The van der Waals surface area contributed by atoms with Gasteiger partial charge in [-0.25, -0.2) is 4.39 Å². The molecular formula is C22H19FN4O2S. The van der Waals surface area contributed by atoms with Gasteiger partial charge in [-0.15, -0.1) is 10.2 Å². The van der Waals surface area contributed by atoms with Crippen molar-refractivity contribution in [3.63, 3.8) is 0 Å². The number of hydrogen-bond donors (Lipinski definition) is 1. The number of thioether (sulfide) groups is 1. The summed E-state index contributed by atoms with van der Waals surface area (Å²) < 4.78 is 20.2. The Kier molecular flexibility index (Phi) is 5.94. The van der Waals surface area contributed by atoms with E-state index >= 15 is 0 Å². The van der Waals surface area contributed by atoms with Gasteiger partial charge in [0.25, 0.3) is 5.91 Å². The summed E-state index contributed by atoms with van der Waals surface area (Å²) in [7, 11) is 0. The molecule has 2 aromatic carbocycles. The van der Waals surface area contributed by atoms with Gasteiger partial charge in [0.1, 0.15) is 5.82 Å². The smallest absolute Gasteiger partial charge is 0.287 e. The second-order valence-corrected chi connectivity index (χ2v) is 7.59. The van der Waals surface area contributed by atoms with Crippen LogP contribution in [0.25, 0.3) is 5.69 Å². The zero-order valence-electron chi connectivity index (χ0n) is 16.2. The second-order valence-electron chi connectivity index (χ2n) is 6.64. The van der Waals surface area contributed by atoms with Crippen LogP contribution in [0.1, 0.15) is 27.5 Å². The fourth-order valence-electron chi connectivity index (χ4n) is 2.84. The molecule has 4 rings (SSSR count). The van der Waals surface area contributed by atoms with Gasteiger partial charge in [-0.3, -0.25) is 9.36 Å². The van der Waals surface area contributed by atoms with Gasteiger partial charge in [-0.05, 0) is 48.9 Å². The summed E-state index contributed by atoms with van der Waals surface area (Å²) in [4.78, 5) is 12.2. The number of carbonyl (C=O) groups excluding carboxylic acids is 1. The third-order valence-electron chi connectivity index (χ3n) is 4.43. The average Bonchev–Trinajstić information content (AvgIpc) is 3.43. The van der Waals surface area contributed by atoms with E-state index in [2.05, 4.69) is 15.5 Å². The van der Waals surface area contributed by atoms with Crippen molar-refractivity contribution < 1.29 is 13.6 Å². The van der Waals surface area contributed by atoms with Crippen LogP contribution in [-0.2, 0) is 12.3 Å². The Labute approximate surface area is 177 Å². The summed E-state index contributed by atoms with van der Waals surface area (Å²) in [6, 6.07) is 17.6. The van der Waals surface area contributed by atoms with Crippen molar-refractivity contribution in [3.8, 4) is 5.69 Å². The minimum absolute atomic E-state index is 0.192. The first-order valence-corrected chi connectivity index (χ1v) is 10.3. The van der Waals surface area contributed by atoms with Crippen molar-refractivity contribution in [1.82, 2.24) is 20.1 Å². The van der Waals surface area contributed by atoms with E-state index in [-0.39, 0.29) is 24.0 Å². The molecule has 8 heteroatoms. The van der Waals surface area contributed by atoms with Gasteiger partial charge >= 0.3 is 0 Å². The minimum atomic E-state index is -0.320. The lowest BCUT2D eigenvalue weighted by molar-refractivity contribution is 0.0922. The molecule has 6 nitrogen and oxygen atoms in total. The number of amides is 1. The molecule has 0 aliphatic rings. The first-order valence-electron chi connectivity index (χ1n) is 9.30. The van der Waals surface area contributed by atoms with E-state index in [9.17, 15) is 9.18 Å². The molecule has 2 heterocycles. The van der Waals surface area contributed by atoms with Crippen LogP contribution < -0.4 is 5.32 Å². The summed E-state index contributed by atoms with van der Waals surface area (Å²) >= 11 is 1.49. The highest BCUT2D eigenvalue weighted by molar-refractivity contribution is 7.98. The van der Waals surface area contributed by atoms with Gasteiger partial charge < -0.3 is 9.73 Å². The fraction of sp³-hybridized carbons (Fsp3) is 0.136. The molecule has 1 amide bonds. The Balaban J connectivity index is 1.57. The lowest BCUT2D eigenvalue weighted by Gasteiger charge is -2.11. The van der Waals surface area contributed by atoms with Gasteiger partial charge in [0.2, 0.25) is 0 Å². The Morgan fingerprint density at radius 2 is 1.87 bits per heavy atom. The molecule has 2 aromatic heterocycles. The number of hydrogen-bond acceptors (Lipinski definition) is 5. The Morgan fingerprint density at radius 1 is 1.10 bits per heavy atom. The Morgan fingerprint density at radius 3 is 2.57 bits per heavy atom. The molecule has 0 saturated carbocycles. The lowest BCUT2D eigenvalue weighted by Crippen LogP contribution is -2.24. The molecule has 0 spiro atoms. The fourth-order valence-corrected chi connectivity index (χ4v) is 3.77. The van der Waals surface area contributed by atoms with Crippen LogP contribution in [0.3, 0.4) is 0 Å². The molecule has 0 aliphatic heterocycles. The molecule has 0 unspecified atom stereocenters. The molecule has 0 radical (unpaired) electrons. The van der Waals surface area contributed by atoms with E-state index in [4.69, 9.17) is 4.42 Å². The minimum Gasteiger partial charge on any atom is -0.459 e. The number of aryl methyl sites for hydroxylation is 1. The van der Waals surface area contributed by atoms with Crippen LogP contribution in [0.15, 0.2) is 76.5 Å². The second kappa shape index (κ2) is 8.96. The number of halogens is 1. The SMILES string of the molecule is Cc1ccc(-n2c(CNC(=O)c3ccco3)nnc2SCc2ccc(F)cc2)cc1. The van der Waals surface area contributed by atoms with Crippen molar-refractivity contribution in [3.05, 3.63) is 95.5 Å². The summed E-state index contributed by atoms with van der Waals surface area (Å²) in [6.07, 6.45) is 1.45. The largest absolute Gasteiger partial charge is 0.459 e. The number of rotatable bonds is 7. The van der Waals surface area contributed by atoms with Crippen molar-refractivity contribution in [2.75, 3.05) is 0 Å². The zero-order valence-corrected chi connectivity index (χ0v) is 17.0. The van der Waals surface area contributed by atoms with E-state index in [0.29, 0.717) is 16.7 Å². The molecule has 4 aromatic rings. The number of benzene rings is 2. The average molecular weight is 422 g/mol. The Bertz CT molecular complexity index is 1120.